The van der Waals surface area contributed by atoms with Gasteiger partial charge in [0.25, 0.3) is 0 Å². The highest BCUT2D eigenvalue weighted by molar-refractivity contribution is 8.13. The molecule has 69 heavy (non-hydrogen) atoms. The second kappa shape index (κ2) is 30.6. The quantitative estimate of drug-likeness (QED) is 0.0289. The Morgan fingerprint density at radius 3 is 1.97 bits per heavy atom. The third kappa shape index (κ3) is 23.3. The number of imidazole rings is 1. The number of phosphoric acid groups is 3. The van der Waals surface area contributed by atoms with Crippen LogP contribution in [0, 0.1) is 5.41 Å². The molecule has 2 aromatic heterocycles. The third-order valence-electron chi connectivity index (χ3n) is 11.2. The number of thioether (sulfide) groups is 1. The van der Waals surface area contributed by atoms with Crippen LogP contribution in [0.1, 0.15) is 149 Å². The number of aliphatic hydroxyl groups excluding tert-OH is 2. The van der Waals surface area contributed by atoms with Crippen LogP contribution in [0.3, 0.4) is 0 Å². The second-order valence-corrected chi connectivity index (χ2v) is 23.1. The zero-order chi connectivity index (χ0) is 51.1. The number of phosphoric ester groups is 3. The number of anilines is 1. The standard InChI is InChI=1S/C41H74N7O17P3S/c1-4-5-6-7-8-9-10-11-12-13-14-15-16-17-18-19-20-21-32(50)69-25-24-43-31(49)22-23-44-39(53)36(52)41(2,3)27-62-68(59,60)65-67(57,58)61-26-30-35(64-66(54,55)56)34(51)40(63-30)48-29-47-33-37(42)45-28-46-38(33)48/h28-30,34-36,40,51-52H,4-27H2,1-3H3,(H,43,49)(H,44,53)(H,57,58)(H,59,60)(H2,42,45,46)(H2,54,55,56)/t30-,34+,35?,36+,40-/m1/s1. The van der Waals surface area contributed by atoms with Gasteiger partial charge in [-0.2, -0.15) is 4.31 Å². The van der Waals surface area contributed by atoms with Crippen LogP contribution in [-0.4, -0.2) is 123 Å². The maximum absolute atomic E-state index is 12.7. The van der Waals surface area contributed by atoms with Gasteiger partial charge < -0.3 is 50.9 Å². The summed E-state index contributed by atoms with van der Waals surface area (Å²) in [5.74, 6) is -1.01. The van der Waals surface area contributed by atoms with Gasteiger partial charge in [0, 0.05) is 37.1 Å². The maximum atomic E-state index is 12.7. The van der Waals surface area contributed by atoms with Crippen molar-refractivity contribution in [3.63, 3.8) is 0 Å². The Morgan fingerprint density at radius 1 is 0.826 bits per heavy atom. The van der Waals surface area contributed by atoms with Gasteiger partial charge in [-0.15, -0.1) is 0 Å². The Kier molecular flexibility index (Phi) is 27.0. The maximum Gasteiger partial charge on any atom is 0.481 e. The highest BCUT2D eigenvalue weighted by Gasteiger charge is 2.50. The first kappa shape index (κ1) is 60.9. The molecule has 0 spiro atoms. The van der Waals surface area contributed by atoms with Crippen molar-refractivity contribution in [1.82, 2.24) is 30.2 Å². The Balaban J connectivity index is 1.27. The van der Waals surface area contributed by atoms with E-state index in [4.69, 9.17) is 19.5 Å². The van der Waals surface area contributed by atoms with Crippen molar-refractivity contribution in [1.29, 1.82) is 0 Å². The van der Waals surface area contributed by atoms with Gasteiger partial charge in [-0.1, -0.05) is 135 Å². The van der Waals surface area contributed by atoms with Gasteiger partial charge in [0.2, 0.25) is 11.8 Å². The molecule has 0 bridgehead atoms. The van der Waals surface area contributed by atoms with Crippen molar-refractivity contribution in [2.24, 2.45) is 5.41 Å². The van der Waals surface area contributed by atoms with Crippen molar-refractivity contribution in [3.05, 3.63) is 12.7 Å². The Labute approximate surface area is 407 Å². The predicted molar refractivity (Wildman–Crippen MR) is 256 cm³/mol. The molecule has 2 aromatic rings. The minimum atomic E-state index is -5.57. The Bertz CT molecular complexity index is 2030. The average molecular weight is 1060 g/mol. The number of aliphatic hydroxyl groups is 2. The van der Waals surface area contributed by atoms with Crippen LogP contribution in [0.25, 0.3) is 11.2 Å². The number of fused-ring (bicyclic) bond motifs is 1. The average Bonchev–Trinajstić information content (AvgIpc) is 3.84. The summed E-state index contributed by atoms with van der Waals surface area (Å²) in [6, 6.07) is 0. The number of unbranched alkanes of at least 4 members (excludes halogenated alkanes) is 16. The van der Waals surface area contributed by atoms with Crippen LogP contribution in [0.2, 0.25) is 0 Å². The van der Waals surface area contributed by atoms with Crippen molar-refractivity contribution in [3.8, 4) is 0 Å². The molecule has 1 aliphatic heterocycles. The molecule has 1 aliphatic rings. The van der Waals surface area contributed by atoms with Crippen LogP contribution < -0.4 is 16.4 Å². The van der Waals surface area contributed by atoms with E-state index in [1.165, 1.54) is 104 Å². The first-order chi connectivity index (χ1) is 32.6. The van der Waals surface area contributed by atoms with E-state index in [2.05, 4.69) is 41.3 Å². The summed E-state index contributed by atoms with van der Waals surface area (Å²) in [7, 11) is -16.4. The largest absolute Gasteiger partial charge is 0.481 e. The fourth-order valence-corrected chi connectivity index (χ4v) is 10.9. The van der Waals surface area contributed by atoms with E-state index >= 15 is 0 Å². The lowest BCUT2D eigenvalue weighted by Gasteiger charge is -2.30. The predicted octanol–water partition coefficient (Wildman–Crippen LogP) is 5.71. The molecule has 3 unspecified atom stereocenters. The molecule has 2 amide bonds. The van der Waals surface area contributed by atoms with E-state index in [9.17, 15) is 57.9 Å². The van der Waals surface area contributed by atoms with E-state index in [-0.39, 0.29) is 41.6 Å². The monoisotopic (exact) mass is 1060 g/mol. The molecule has 396 valence electrons. The molecule has 10 N–H and O–H groups in total. The summed E-state index contributed by atoms with van der Waals surface area (Å²) >= 11 is 1.16. The zero-order valence-corrected chi connectivity index (χ0v) is 43.3. The lowest BCUT2D eigenvalue weighted by atomic mass is 9.87. The smallest absolute Gasteiger partial charge is 0.386 e. The molecule has 0 aromatic carbocycles. The molecular weight excluding hydrogens is 987 g/mol. The topological polar surface area (TPSA) is 364 Å². The van der Waals surface area contributed by atoms with Gasteiger partial charge in [-0.3, -0.25) is 32.5 Å². The molecule has 0 aliphatic carbocycles. The summed E-state index contributed by atoms with van der Waals surface area (Å²) in [5, 5.41) is 26.7. The Hall–Kier alpha value is -2.44. The number of hydrogen-bond acceptors (Lipinski definition) is 18. The van der Waals surface area contributed by atoms with Gasteiger partial charge in [-0.25, -0.2) is 28.6 Å². The summed E-state index contributed by atoms with van der Waals surface area (Å²) in [5.41, 5.74) is 4.29. The van der Waals surface area contributed by atoms with E-state index in [0.717, 1.165) is 48.2 Å². The number of nitrogens with two attached hydrogens (primary N) is 1. The van der Waals surface area contributed by atoms with Crippen molar-refractivity contribution in [2.75, 3.05) is 37.8 Å². The van der Waals surface area contributed by atoms with E-state index in [0.29, 0.717) is 12.2 Å². The molecule has 28 heteroatoms. The number of hydrogen-bond donors (Lipinski definition) is 9. The molecule has 1 fully saturated rings. The number of rotatable bonds is 37. The highest BCUT2D eigenvalue weighted by atomic mass is 32.2. The summed E-state index contributed by atoms with van der Waals surface area (Å²) in [6.07, 6.45) is 15.2. The van der Waals surface area contributed by atoms with Crippen LogP contribution in [-0.2, 0) is 50.7 Å². The van der Waals surface area contributed by atoms with Gasteiger partial charge >= 0.3 is 23.5 Å². The molecule has 3 rings (SSSR count). The van der Waals surface area contributed by atoms with Crippen molar-refractivity contribution < 1.29 is 80.5 Å². The van der Waals surface area contributed by atoms with E-state index < -0.39 is 84.6 Å². The lowest BCUT2D eigenvalue weighted by Crippen LogP contribution is -2.46. The zero-order valence-electron chi connectivity index (χ0n) is 39.8. The number of carbonyl (C=O) groups excluding carboxylic acids is 3. The fourth-order valence-electron chi connectivity index (χ4n) is 7.36. The first-order valence-electron chi connectivity index (χ1n) is 23.6. The number of nitrogens with one attached hydrogen (secondary N) is 2. The van der Waals surface area contributed by atoms with Crippen LogP contribution in [0.4, 0.5) is 5.82 Å². The van der Waals surface area contributed by atoms with Crippen LogP contribution in [0.15, 0.2) is 12.7 Å². The van der Waals surface area contributed by atoms with Gasteiger partial charge in [0.05, 0.1) is 19.5 Å². The van der Waals surface area contributed by atoms with Crippen LogP contribution >= 0.6 is 35.2 Å². The molecule has 24 nitrogen and oxygen atoms in total. The minimum Gasteiger partial charge on any atom is -0.386 e. The van der Waals surface area contributed by atoms with E-state index in [1.54, 1.807) is 0 Å². The van der Waals surface area contributed by atoms with Crippen LogP contribution in [0.5, 0.6) is 0 Å². The number of aromatic nitrogens is 4. The normalized spacial score (nSPS) is 19.8. The highest BCUT2D eigenvalue weighted by Crippen LogP contribution is 2.61. The molecular formula is C41H74N7O17P3S. The summed E-state index contributed by atoms with van der Waals surface area (Å²) in [6.45, 7) is 2.84. The number of ether oxygens (including phenoxy) is 1. The molecule has 0 saturated carbocycles. The SMILES string of the molecule is CCCCCCCCCCCCCCCCCCCC(=O)SCCNC(=O)CCNC(=O)[C@H](O)C(C)(C)COP(=O)(O)OP(=O)(O)OC[C@H]1O[C@@H](n2cnc3c(N)ncnc32)[C@@H](O)C1OP(=O)(O)O. The number of nitrogen functional groups attached to an aromatic ring is 1. The number of carbonyl (C=O) groups is 3. The molecule has 1 saturated heterocycles. The van der Waals surface area contributed by atoms with Gasteiger partial charge in [0.1, 0.15) is 36.3 Å². The summed E-state index contributed by atoms with van der Waals surface area (Å²) in [4.78, 5) is 88.5. The second-order valence-electron chi connectivity index (χ2n) is 17.7. The molecule has 3 heterocycles. The molecule has 7 atom stereocenters. The fraction of sp³-hybridized carbons (Fsp3) is 0.805. The minimum absolute atomic E-state index is 0.0342. The van der Waals surface area contributed by atoms with Crippen molar-refractivity contribution in [2.45, 2.75) is 173 Å². The third-order valence-corrected chi connectivity index (χ3v) is 15.3. The number of nitrogens with zero attached hydrogens (tertiary/aromatic N) is 4. The van der Waals surface area contributed by atoms with Gasteiger partial charge in [-0.05, 0) is 6.42 Å². The van der Waals surface area contributed by atoms with Gasteiger partial charge in [0.15, 0.2) is 22.8 Å². The number of amides is 2. The van der Waals surface area contributed by atoms with Crippen molar-refractivity contribution >= 4 is 69.1 Å². The lowest BCUT2D eigenvalue weighted by molar-refractivity contribution is -0.137. The molecule has 0 radical (unpaired) electrons. The van der Waals surface area contributed by atoms with E-state index in [1.807, 2.05) is 0 Å². The Morgan fingerprint density at radius 2 is 1.39 bits per heavy atom. The first-order valence-corrected chi connectivity index (χ1v) is 29.1. The summed E-state index contributed by atoms with van der Waals surface area (Å²) < 4.78 is 62.5.